The molecule has 0 fully saturated rings. The van der Waals surface area contributed by atoms with Crippen LogP contribution in [-0.4, -0.2) is 138 Å². The molecule has 20 nitrogen and oxygen atoms in total. The summed E-state index contributed by atoms with van der Waals surface area (Å²) in [5.74, 6) is -1.28. The Morgan fingerprint density at radius 2 is 1.06 bits per heavy atom. The molecular formula is C39H44BrN2NaO18S6. The standard InChI is InChI=1S/C39H43BrN2O18S6.Na.H/c1-38(2)34(41(15-5-17-61(43,44)45)30-11-9-26-28(36(30)38)19-24(63(49,50)51)21-32(26)65(55,56)57)13-7-23(40)8-14-35-39(3,4)37-29-20-25(64(52,53)54)22-33(66(58,59)60)27(29)10-12-31(37)42(35)16-6-18-62(46,47)48;;/h7-14,19-22,34H,5-6,15-18H2,1-4H3,(H,43,44,45)(H,46,47,48)(H,49,50,51)(H,52,53,54)(H,55,56,57)(H,58,59,60);;/b13-7+,23-8-,35-14+;;. The van der Waals surface area contributed by atoms with Crippen molar-refractivity contribution in [2.24, 2.45) is 0 Å². The van der Waals surface area contributed by atoms with E-state index in [4.69, 9.17) is 0 Å². The fourth-order valence-corrected chi connectivity index (χ4v) is 12.8. The van der Waals surface area contributed by atoms with E-state index in [0.29, 0.717) is 44.8 Å². The van der Waals surface area contributed by atoms with Crippen LogP contribution >= 0.6 is 15.9 Å². The van der Waals surface area contributed by atoms with Crippen LogP contribution in [0.4, 0.5) is 11.4 Å². The van der Waals surface area contributed by atoms with Gasteiger partial charge in [-0.2, -0.15) is 50.5 Å². The zero-order valence-corrected chi connectivity index (χ0v) is 41.5. The van der Waals surface area contributed by atoms with Crippen molar-refractivity contribution in [1.82, 2.24) is 0 Å². The third-order valence-corrected chi connectivity index (χ3v) is 17.1. The molecule has 4 aromatic carbocycles. The summed E-state index contributed by atoms with van der Waals surface area (Å²) in [6.07, 6.45) is 6.32. The van der Waals surface area contributed by atoms with E-state index in [9.17, 15) is 77.8 Å². The Hall–Kier alpha value is -2.84. The Balaban J connectivity index is 0.00000840. The Kier molecular flexibility index (Phi) is 15.4. The summed E-state index contributed by atoms with van der Waals surface area (Å²) >= 11 is 3.53. The van der Waals surface area contributed by atoms with Crippen molar-refractivity contribution < 1.29 is 77.8 Å². The van der Waals surface area contributed by atoms with E-state index < -0.39 is 109 Å². The zero-order chi connectivity index (χ0) is 49.5. The average molecular weight is 1120 g/mol. The number of allylic oxidation sites excluding steroid dienone is 5. The van der Waals surface area contributed by atoms with Crippen LogP contribution in [-0.2, 0) is 71.5 Å². The van der Waals surface area contributed by atoms with Gasteiger partial charge in [-0.15, -0.1) is 0 Å². The number of fused-ring (bicyclic) bond motifs is 6. The van der Waals surface area contributed by atoms with Crippen LogP contribution in [0.15, 0.2) is 103 Å². The van der Waals surface area contributed by atoms with Crippen molar-refractivity contribution in [3.05, 3.63) is 94.1 Å². The van der Waals surface area contributed by atoms with E-state index in [0.717, 1.165) is 12.1 Å². The van der Waals surface area contributed by atoms with Gasteiger partial charge >= 0.3 is 29.6 Å². The second-order valence-corrected chi connectivity index (χ2v) is 26.4. The van der Waals surface area contributed by atoms with Crippen LogP contribution < -0.4 is 9.80 Å². The number of rotatable bonds is 15. The van der Waals surface area contributed by atoms with Crippen molar-refractivity contribution in [3.8, 4) is 0 Å². The van der Waals surface area contributed by atoms with Crippen LogP contribution in [0.1, 0.15) is 51.7 Å². The Bertz CT molecular complexity index is 3520. The summed E-state index contributed by atoms with van der Waals surface area (Å²) in [5, 5.41) is -0.117. The van der Waals surface area contributed by atoms with Gasteiger partial charge in [-0.3, -0.25) is 27.3 Å². The molecule has 0 aliphatic carbocycles. The maximum atomic E-state index is 12.5. The van der Waals surface area contributed by atoms with E-state index in [1.807, 2.05) is 0 Å². The first kappa shape index (κ1) is 55.1. The Labute approximate surface area is 418 Å². The summed E-state index contributed by atoms with van der Waals surface area (Å²) in [4.78, 5) is 0.180. The number of nitrogens with zero attached hydrogens (tertiary/aromatic N) is 2. The third kappa shape index (κ3) is 11.5. The van der Waals surface area contributed by atoms with E-state index in [-0.39, 0.29) is 77.0 Å². The topological polar surface area (TPSA) is 333 Å². The predicted molar refractivity (Wildman–Crippen MR) is 255 cm³/mol. The molecule has 362 valence electrons. The molecule has 67 heavy (non-hydrogen) atoms. The number of hydrogen-bond acceptors (Lipinski definition) is 14. The van der Waals surface area contributed by atoms with Gasteiger partial charge in [-0.1, -0.05) is 61.8 Å². The van der Waals surface area contributed by atoms with Crippen LogP contribution in [0.2, 0.25) is 0 Å². The molecule has 4 aromatic rings. The summed E-state index contributed by atoms with van der Waals surface area (Å²) in [6.45, 7) is 6.84. The molecule has 6 N–H and O–H groups in total. The molecule has 28 heteroatoms. The number of hydrogen-bond donors (Lipinski definition) is 6. The second kappa shape index (κ2) is 18.7. The van der Waals surface area contributed by atoms with Crippen LogP contribution in [0.5, 0.6) is 0 Å². The summed E-state index contributed by atoms with van der Waals surface area (Å²) in [6, 6.07) is 8.26. The van der Waals surface area contributed by atoms with Gasteiger partial charge in [-0.05, 0) is 89.4 Å². The predicted octanol–water partition coefficient (Wildman–Crippen LogP) is 4.87. The van der Waals surface area contributed by atoms with E-state index in [1.165, 1.54) is 24.3 Å². The van der Waals surface area contributed by atoms with Gasteiger partial charge in [-0.25, -0.2) is 0 Å². The fraction of sp³-hybridized carbons (Fsp3) is 0.333. The normalized spacial score (nSPS) is 18.5. The molecule has 1 atom stereocenters. The monoisotopic (exact) mass is 1120 g/mol. The summed E-state index contributed by atoms with van der Waals surface area (Å²) in [5.41, 5.74) is -0.307. The molecule has 1 unspecified atom stereocenters. The molecule has 0 spiro atoms. The summed E-state index contributed by atoms with van der Waals surface area (Å²) in [7, 11) is -29.0. The Morgan fingerprint density at radius 3 is 1.51 bits per heavy atom. The van der Waals surface area contributed by atoms with Crippen LogP contribution in [0, 0.1) is 0 Å². The molecule has 6 rings (SSSR count). The molecule has 0 amide bonds. The molecular weight excluding hydrogens is 1080 g/mol. The summed E-state index contributed by atoms with van der Waals surface area (Å²) < 4.78 is 206. The van der Waals surface area contributed by atoms with Gasteiger partial charge in [0.05, 0.1) is 27.3 Å². The van der Waals surface area contributed by atoms with E-state index >= 15 is 0 Å². The number of halogens is 1. The molecule has 0 saturated heterocycles. The van der Waals surface area contributed by atoms with Crippen molar-refractivity contribution in [1.29, 1.82) is 0 Å². The SMILES string of the molecule is CC1(C)\C(=C/C=C(Br)/C=C/C2N(CCCS(=O)(=O)O)c3ccc4c(S(=O)(=O)O)cc(S(=O)(=O)O)cc4c3C2(C)C)N(CCCS(=O)(=O)O)c2ccc3c(S(=O)(=O)O)cc(S(=O)(=O)O)cc3c21.[NaH]. The first-order chi connectivity index (χ1) is 29.9. The fourth-order valence-electron chi connectivity index (χ4n) is 8.90. The van der Waals surface area contributed by atoms with E-state index in [1.54, 1.807) is 61.8 Å². The molecule has 0 aromatic heterocycles. The van der Waals surface area contributed by atoms with Crippen LogP contribution in [0.3, 0.4) is 0 Å². The molecule has 2 aliphatic heterocycles. The van der Waals surface area contributed by atoms with Gasteiger partial charge in [0.25, 0.3) is 60.7 Å². The molecule has 0 radical (unpaired) electrons. The third-order valence-electron chi connectivity index (χ3n) is 11.5. The average Bonchev–Trinajstić information content (AvgIpc) is 3.50. The maximum absolute atomic E-state index is 12.5. The Morgan fingerprint density at radius 1 is 0.612 bits per heavy atom. The van der Waals surface area contributed by atoms with Crippen molar-refractivity contribution in [2.75, 3.05) is 34.4 Å². The van der Waals surface area contributed by atoms with Gasteiger partial charge in [0.15, 0.2) is 0 Å². The van der Waals surface area contributed by atoms with Crippen molar-refractivity contribution >= 4 is 139 Å². The molecule has 0 saturated carbocycles. The van der Waals surface area contributed by atoms with Gasteiger partial charge in [0.1, 0.15) is 9.79 Å². The van der Waals surface area contributed by atoms with Gasteiger partial charge < -0.3 is 9.80 Å². The second-order valence-electron chi connectivity index (χ2n) is 16.7. The first-order valence-electron chi connectivity index (χ1n) is 19.3. The zero-order valence-electron chi connectivity index (χ0n) is 35.1. The quantitative estimate of drug-likeness (QED) is 0.0525. The molecule has 2 aliphatic rings. The number of anilines is 2. The van der Waals surface area contributed by atoms with Gasteiger partial charge in [0, 0.05) is 56.2 Å². The van der Waals surface area contributed by atoms with Crippen LogP contribution in [0.25, 0.3) is 21.5 Å². The minimum atomic E-state index is -5.06. The van der Waals surface area contributed by atoms with Crippen molar-refractivity contribution in [3.63, 3.8) is 0 Å². The van der Waals surface area contributed by atoms with E-state index in [2.05, 4.69) is 15.9 Å². The van der Waals surface area contributed by atoms with Gasteiger partial charge in [0.2, 0.25) is 0 Å². The molecule has 2 heterocycles. The first-order valence-corrected chi connectivity index (χ1v) is 29.0. The minimum absolute atomic E-state index is 0. The van der Waals surface area contributed by atoms with Crippen molar-refractivity contribution in [2.45, 2.75) is 77.0 Å². The number of benzene rings is 4. The molecule has 0 bridgehead atoms.